The van der Waals surface area contributed by atoms with E-state index in [-0.39, 0.29) is 12.1 Å². The number of fused-ring (bicyclic) bond motifs is 1. The Morgan fingerprint density at radius 2 is 2.06 bits per heavy atom. The van der Waals surface area contributed by atoms with Crippen LogP contribution in [-0.2, 0) is 0 Å². The van der Waals surface area contributed by atoms with E-state index in [9.17, 15) is 5.11 Å². The van der Waals surface area contributed by atoms with Gasteiger partial charge in [0.2, 0.25) is 0 Å². The number of nitrogens with two attached hydrogens (primary N) is 1. The molecule has 0 radical (unpaired) electrons. The molecule has 96 valence electrons. The van der Waals surface area contributed by atoms with E-state index >= 15 is 0 Å². The van der Waals surface area contributed by atoms with Crippen molar-refractivity contribution in [3.8, 4) is 0 Å². The quantitative estimate of drug-likeness (QED) is 0.723. The lowest BCUT2D eigenvalue weighted by atomic mass is 10.1. The molecule has 18 heavy (non-hydrogen) atoms. The summed E-state index contributed by atoms with van der Waals surface area (Å²) in [5.74, 6) is 0.820. The zero-order valence-electron chi connectivity index (χ0n) is 10.7. The molecule has 0 spiro atoms. The zero-order valence-corrected chi connectivity index (χ0v) is 10.7. The van der Waals surface area contributed by atoms with Crippen LogP contribution in [0, 0.1) is 0 Å². The van der Waals surface area contributed by atoms with Gasteiger partial charge in [-0.15, -0.1) is 0 Å². The van der Waals surface area contributed by atoms with Crippen LogP contribution in [0.25, 0.3) is 10.9 Å². The van der Waals surface area contributed by atoms with Crippen LogP contribution in [0.5, 0.6) is 0 Å². The molecule has 0 saturated heterocycles. The summed E-state index contributed by atoms with van der Waals surface area (Å²) in [6.45, 7) is 3.82. The molecule has 1 heterocycles. The Morgan fingerprint density at radius 3 is 2.78 bits per heavy atom. The molecule has 4 heteroatoms. The highest BCUT2D eigenvalue weighted by atomic mass is 16.3. The van der Waals surface area contributed by atoms with Crippen molar-refractivity contribution in [1.29, 1.82) is 0 Å². The summed E-state index contributed by atoms with van der Waals surface area (Å²) in [5, 5.41) is 13.6. The van der Waals surface area contributed by atoms with E-state index in [1.54, 1.807) is 6.92 Å². The number of nitrogens with zero attached hydrogens (tertiary/aromatic N) is 1. The van der Waals surface area contributed by atoms with Gasteiger partial charge in [0.1, 0.15) is 5.82 Å². The summed E-state index contributed by atoms with van der Waals surface area (Å²) >= 11 is 0. The summed E-state index contributed by atoms with van der Waals surface area (Å²) in [6, 6.07) is 9.78. The van der Waals surface area contributed by atoms with Crippen molar-refractivity contribution in [3.05, 3.63) is 30.3 Å². The molecule has 4 N–H and O–H groups in total. The standard InChI is InChI=1S/C14H19N3O/c1-9(7-10(2)18)16-14-6-3-11-8-12(15)4-5-13(11)17-14/h3-6,8-10,18H,7,15H2,1-2H3,(H,16,17). The molecule has 2 rings (SSSR count). The Morgan fingerprint density at radius 1 is 1.28 bits per heavy atom. The second-order valence-corrected chi connectivity index (χ2v) is 4.78. The Labute approximate surface area is 107 Å². The van der Waals surface area contributed by atoms with Crippen molar-refractivity contribution in [2.24, 2.45) is 0 Å². The van der Waals surface area contributed by atoms with Gasteiger partial charge in [0.05, 0.1) is 11.6 Å². The molecule has 0 amide bonds. The Kier molecular flexibility index (Phi) is 3.67. The lowest BCUT2D eigenvalue weighted by Gasteiger charge is -2.16. The maximum absolute atomic E-state index is 9.33. The van der Waals surface area contributed by atoms with E-state index in [4.69, 9.17) is 5.73 Å². The average Bonchev–Trinajstić information content (AvgIpc) is 2.28. The second-order valence-electron chi connectivity index (χ2n) is 4.78. The van der Waals surface area contributed by atoms with E-state index in [0.29, 0.717) is 6.42 Å². The third-order valence-corrected chi connectivity index (χ3v) is 2.80. The first-order valence-electron chi connectivity index (χ1n) is 6.15. The number of hydrogen-bond acceptors (Lipinski definition) is 4. The van der Waals surface area contributed by atoms with Gasteiger partial charge in [-0.25, -0.2) is 4.98 Å². The minimum absolute atomic E-state index is 0.184. The van der Waals surface area contributed by atoms with E-state index in [1.807, 2.05) is 37.3 Å². The molecule has 4 nitrogen and oxygen atoms in total. The van der Waals surface area contributed by atoms with Gasteiger partial charge in [-0.05, 0) is 50.6 Å². The number of rotatable bonds is 4. The third-order valence-electron chi connectivity index (χ3n) is 2.80. The number of nitrogen functional groups attached to an aromatic ring is 1. The summed E-state index contributed by atoms with van der Waals surface area (Å²) in [7, 11) is 0. The van der Waals surface area contributed by atoms with E-state index < -0.39 is 0 Å². The third kappa shape index (κ3) is 3.11. The van der Waals surface area contributed by atoms with Gasteiger partial charge >= 0.3 is 0 Å². The number of pyridine rings is 1. The number of benzene rings is 1. The van der Waals surface area contributed by atoms with Gasteiger partial charge in [0, 0.05) is 17.1 Å². The van der Waals surface area contributed by atoms with Crippen LogP contribution in [0.3, 0.4) is 0 Å². The summed E-state index contributed by atoms with van der Waals surface area (Å²) in [4.78, 5) is 4.52. The predicted molar refractivity (Wildman–Crippen MR) is 75.5 cm³/mol. The molecule has 0 aliphatic carbocycles. The van der Waals surface area contributed by atoms with Crippen molar-refractivity contribution in [1.82, 2.24) is 4.98 Å². The van der Waals surface area contributed by atoms with Crippen LogP contribution in [-0.4, -0.2) is 22.2 Å². The largest absolute Gasteiger partial charge is 0.399 e. The Hall–Kier alpha value is -1.81. The monoisotopic (exact) mass is 245 g/mol. The number of aromatic nitrogens is 1. The van der Waals surface area contributed by atoms with Crippen molar-refractivity contribution in [3.63, 3.8) is 0 Å². The molecule has 0 bridgehead atoms. The number of aliphatic hydroxyl groups is 1. The highest BCUT2D eigenvalue weighted by Crippen LogP contribution is 2.18. The maximum Gasteiger partial charge on any atom is 0.126 e. The highest BCUT2D eigenvalue weighted by molar-refractivity contribution is 5.83. The molecule has 0 aliphatic heterocycles. The normalized spacial score (nSPS) is 14.4. The topological polar surface area (TPSA) is 71.2 Å². The van der Waals surface area contributed by atoms with Gasteiger partial charge in [0.15, 0.2) is 0 Å². The van der Waals surface area contributed by atoms with E-state index in [1.165, 1.54) is 0 Å². The summed E-state index contributed by atoms with van der Waals surface area (Å²) in [6.07, 6.45) is 0.384. The van der Waals surface area contributed by atoms with E-state index in [0.717, 1.165) is 22.4 Å². The summed E-state index contributed by atoms with van der Waals surface area (Å²) < 4.78 is 0. The number of nitrogens with one attached hydrogen (secondary N) is 1. The minimum Gasteiger partial charge on any atom is -0.399 e. The lowest BCUT2D eigenvalue weighted by molar-refractivity contribution is 0.179. The number of anilines is 2. The molecule has 2 unspecified atom stereocenters. The number of aliphatic hydroxyl groups excluding tert-OH is 1. The van der Waals surface area contributed by atoms with Crippen molar-refractivity contribution < 1.29 is 5.11 Å². The highest BCUT2D eigenvalue weighted by Gasteiger charge is 2.07. The zero-order chi connectivity index (χ0) is 13.1. The second kappa shape index (κ2) is 5.23. The van der Waals surface area contributed by atoms with Gasteiger partial charge in [0.25, 0.3) is 0 Å². The predicted octanol–water partition coefficient (Wildman–Crippen LogP) is 2.39. The van der Waals surface area contributed by atoms with Crippen LogP contribution >= 0.6 is 0 Å². The van der Waals surface area contributed by atoms with Gasteiger partial charge in [-0.1, -0.05) is 0 Å². The fourth-order valence-corrected chi connectivity index (χ4v) is 2.05. The van der Waals surface area contributed by atoms with Gasteiger partial charge in [-0.2, -0.15) is 0 Å². The van der Waals surface area contributed by atoms with Crippen molar-refractivity contribution >= 4 is 22.4 Å². The first-order chi connectivity index (χ1) is 8.54. The van der Waals surface area contributed by atoms with Crippen LogP contribution in [0.2, 0.25) is 0 Å². The fourth-order valence-electron chi connectivity index (χ4n) is 2.05. The number of hydrogen-bond donors (Lipinski definition) is 3. The molecular weight excluding hydrogens is 226 g/mol. The molecule has 1 aromatic heterocycles. The van der Waals surface area contributed by atoms with Gasteiger partial charge < -0.3 is 16.2 Å². The SMILES string of the molecule is CC(O)CC(C)Nc1ccc2cc(N)ccc2n1. The average molecular weight is 245 g/mol. The maximum atomic E-state index is 9.33. The molecule has 2 atom stereocenters. The lowest BCUT2D eigenvalue weighted by Crippen LogP contribution is -2.21. The first-order valence-corrected chi connectivity index (χ1v) is 6.15. The van der Waals surface area contributed by atoms with Crippen LogP contribution in [0.1, 0.15) is 20.3 Å². The van der Waals surface area contributed by atoms with Crippen LogP contribution in [0.15, 0.2) is 30.3 Å². The van der Waals surface area contributed by atoms with E-state index in [2.05, 4.69) is 10.3 Å². The first kappa shape index (κ1) is 12.6. The van der Waals surface area contributed by atoms with Crippen molar-refractivity contribution in [2.75, 3.05) is 11.1 Å². The van der Waals surface area contributed by atoms with Gasteiger partial charge in [-0.3, -0.25) is 0 Å². The minimum atomic E-state index is -0.312. The Balaban J connectivity index is 2.17. The molecule has 0 fully saturated rings. The summed E-state index contributed by atoms with van der Waals surface area (Å²) in [5.41, 5.74) is 7.38. The van der Waals surface area contributed by atoms with Crippen molar-refractivity contribution in [2.45, 2.75) is 32.4 Å². The molecule has 0 saturated carbocycles. The molecule has 0 aliphatic rings. The molecular formula is C14H19N3O. The molecule has 2 aromatic rings. The Bertz CT molecular complexity index is 540. The van der Waals surface area contributed by atoms with Crippen LogP contribution < -0.4 is 11.1 Å². The van der Waals surface area contributed by atoms with Crippen LogP contribution in [0.4, 0.5) is 11.5 Å². The molecule has 1 aromatic carbocycles. The fraction of sp³-hybridized carbons (Fsp3) is 0.357. The smallest absolute Gasteiger partial charge is 0.126 e.